The van der Waals surface area contributed by atoms with Gasteiger partial charge in [0.05, 0.1) is 18.5 Å². The Balaban J connectivity index is 1.21. The predicted molar refractivity (Wildman–Crippen MR) is 146 cm³/mol. The van der Waals surface area contributed by atoms with E-state index < -0.39 is 0 Å². The van der Waals surface area contributed by atoms with Gasteiger partial charge in [0, 0.05) is 37.3 Å². The Morgan fingerprint density at radius 3 is 2.29 bits per heavy atom. The molecule has 194 valence electrons. The fourth-order valence-electron chi connectivity index (χ4n) is 4.59. The van der Waals surface area contributed by atoms with Gasteiger partial charge in [-0.3, -0.25) is 9.59 Å². The van der Waals surface area contributed by atoms with Crippen molar-refractivity contribution in [3.05, 3.63) is 102 Å². The van der Waals surface area contributed by atoms with Gasteiger partial charge in [-0.1, -0.05) is 48.0 Å². The number of nitrogens with zero attached hydrogens (tertiary/aromatic N) is 5. The minimum Gasteiger partial charge on any atom is -0.467 e. The molecular formula is C30H31N5O3. The zero-order chi connectivity index (χ0) is 26.5. The van der Waals surface area contributed by atoms with Gasteiger partial charge in [-0.15, -0.1) is 10.2 Å². The van der Waals surface area contributed by atoms with Crippen LogP contribution in [0.2, 0.25) is 0 Å². The first kappa shape index (κ1) is 25.2. The van der Waals surface area contributed by atoms with E-state index in [1.165, 1.54) is 5.56 Å². The topological polar surface area (TPSA) is 82.8 Å². The molecule has 0 N–H and O–H groups in total. The highest BCUT2D eigenvalue weighted by Crippen LogP contribution is 2.20. The molecule has 0 radical (unpaired) electrons. The fourth-order valence-corrected chi connectivity index (χ4v) is 4.59. The second-order valence-electron chi connectivity index (χ2n) is 9.57. The Morgan fingerprint density at radius 1 is 0.868 bits per heavy atom. The van der Waals surface area contributed by atoms with Crippen molar-refractivity contribution in [3.8, 4) is 11.3 Å². The Labute approximate surface area is 222 Å². The number of rotatable bonds is 7. The van der Waals surface area contributed by atoms with Gasteiger partial charge in [-0.25, -0.2) is 0 Å². The first-order valence-corrected chi connectivity index (χ1v) is 12.8. The van der Waals surface area contributed by atoms with Gasteiger partial charge in [0.2, 0.25) is 5.91 Å². The molecule has 0 aliphatic carbocycles. The maximum absolute atomic E-state index is 13.4. The highest BCUT2D eigenvalue weighted by atomic mass is 16.3. The van der Waals surface area contributed by atoms with Gasteiger partial charge in [-0.2, -0.15) is 0 Å². The summed E-state index contributed by atoms with van der Waals surface area (Å²) < 4.78 is 5.47. The Morgan fingerprint density at radius 2 is 1.63 bits per heavy atom. The van der Waals surface area contributed by atoms with Crippen LogP contribution in [0.25, 0.3) is 11.3 Å². The van der Waals surface area contributed by atoms with Crippen LogP contribution in [0.3, 0.4) is 0 Å². The predicted octanol–water partition coefficient (Wildman–Crippen LogP) is 4.34. The SMILES string of the molecule is Cc1ccc(-c2ccc(N3CCN(C(=O)CN(Cc4ccco4)C(=O)c4ccccc4C)CC3)nn2)cc1. The molecule has 0 unspecified atom stereocenters. The summed E-state index contributed by atoms with van der Waals surface area (Å²) in [5.41, 5.74) is 4.53. The van der Waals surface area contributed by atoms with Crippen molar-refractivity contribution in [3.63, 3.8) is 0 Å². The first-order chi connectivity index (χ1) is 18.5. The van der Waals surface area contributed by atoms with Gasteiger partial charge in [0.25, 0.3) is 5.91 Å². The van der Waals surface area contributed by atoms with Crippen LogP contribution in [-0.4, -0.2) is 64.5 Å². The number of aryl methyl sites for hydroxylation is 2. The van der Waals surface area contributed by atoms with Gasteiger partial charge >= 0.3 is 0 Å². The standard InChI is InChI=1S/C30H31N5O3/c1-22-9-11-24(12-10-22)27-13-14-28(32-31-27)33-15-17-34(18-16-33)29(36)21-35(20-25-7-5-19-38-25)30(37)26-8-4-3-6-23(26)2/h3-14,19H,15-18,20-21H2,1-2H3. The number of amides is 2. The molecule has 3 heterocycles. The minimum atomic E-state index is -0.185. The molecule has 4 aromatic rings. The van der Waals surface area contributed by atoms with E-state index in [1.54, 1.807) is 23.3 Å². The lowest BCUT2D eigenvalue weighted by Crippen LogP contribution is -2.52. The van der Waals surface area contributed by atoms with E-state index in [2.05, 4.69) is 34.2 Å². The third-order valence-electron chi connectivity index (χ3n) is 6.87. The number of aromatic nitrogens is 2. The number of hydrogen-bond acceptors (Lipinski definition) is 6. The lowest BCUT2D eigenvalue weighted by Gasteiger charge is -2.36. The zero-order valence-electron chi connectivity index (χ0n) is 21.7. The summed E-state index contributed by atoms with van der Waals surface area (Å²) in [4.78, 5) is 32.2. The molecule has 0 saturated carbocycles. The quantitative estimate of drug-likeness (QED) is 0.369. The average molecular weight is 510 g/mol. The van der Waals surface area contributed by atoms with Gasteiger partial charge in [0.15, 0.2) is 5.82 Å². The second-order valence-corrected chi connectivity index (χ2v) is 9.57. The molecule has 5 rings (SSSR count). The molecule has 1 fully saturated rings. The molecular weight excluding hydrogens is 478 g/mol. The van der Waals surface area contributed by atoms with Crippen LogP contribution >= 0.6 is 0 Å². The summed E-state index contributed by atoms with van der Waals surface area (Å²) in [6.45, 7) is 6.56. The van der Waals surface area contributed by atoms with Crippen LogP contribution in [0.15, 0.2) is 83.5 Å². The maximum Gasteiger partial charge on any atom is 0.255 e. The molecule has 2 aromatic carbocycles. The molecule has 0 bridgehead atoms. The number of benzene rings is 2. The Bertz CT molecular complexity index is 1380. The van der Waals surface area contributed by atoms with Crippen molar-refractivity contribution < 1.29 is 14.0 Å². The van der Waals surface area contributed by atoms with E-state index in [0.717, 1.165) is 22.6 Å². The molecule has 2 aromatic heterocycles. The van der Waals surface area contributed by atoms with Crippen LogP contribution in [-0.2, 0) is 11.3 Å². The molecule has 1 saturated heterocycles. The van der Waals surface area contributed by atoms with Gasteiger partial charge in [-0.05, 0) is 49.7 Å². The van der Waals surface area contributed by atoms with Crippen molar-refractivity contribution in [2.45, 2.75) is 20.4 Å². The van der Waals surface area contributed by atoms with E-state index in [9.17, 15) is 9.59 Å². The number of furan rings is 1. The van der Waals surface area contributed by atoms with Gasteiger partial charge < -0.3 is 19.1 Å². The van der Waals surface area contributed by atoms with E-state index in [4.69, 9.17) is 4.42 Å². The summed E-state index contributed by atoms with van der Waals surface area (Å²) in [6.07, 6.45) is 1.57. The van der Waals surface area contributed by atoms with Crippen molar-refractivity contribution in [2.24, 2.45) is 0 Å². The maximum atomic E-state index is 13.4. The first-order valence-electron chi connectivity index (χ1n) is 12.8. The van der Waals surface area contributed by atoms with Crippen LogP contribution in [0.4, 0.5) is 5.82 Å². The van der Waals surface area contributed by atoms with Crippen molar-refractivity contribution >= 4 is 17.6 Å². The third kappa shape index (κ3) is 5.75. The summed E-state index contributed by atoms with van der Waals surface area (Å²) in [5.74, 6) is 1.16. The lowest BCUT2D eigenvalue weighted by atomic mass is 10.1. The lowest BCUT2D eigenvalue weighted by molar-refractivity contribution is -0.132. The monoisotopic (exact) mass is 509 g/mol. The fraction of sp³-hybridized carbons (Fsp3) is 0.267. The number of hydrogen-bond donors (Lipinski definition) is 0. The third-order valence-corrected chi connectivity index (χ3v) is 6.87. The normalized spacial score (nSPS) is 13.4. The molecule has 8 heteroatoms. The average Bonchev–Trinajstić information content (AvgIpc) is 3.46. The van der Waals surface area contributed by atoms with Crippen LogP contribution in [0, 0.1) is 13.8 Å². The summed E-state index contributed by atoms with van der Waals surface area (Å²) in [6, 6.07) is 23.2. The molecule has 8 nitrogen and oxygen atoms in total. The van der Waals surface area contributed by atoms with Crippen LogP contribution in [0.5, 0.6) is 0 Å². The van der Waals surface area contributed by atoms with Crippen LogP contribution in [0.1, 0.15) is 27.2 Å². The largest absolute Gasteiger partial charge is 0.467 e. The number of anilines is 1. The highest BCUT2D eigenvalue weighted by molar-refractivity contribution is 5.97. The molecule has 1 aliphatic rings. The van der Waals surface area contributed by atoms with E-state index in [0.29, 0.717) is 37.5 Å². The molecule has 2 amide bonds. The summed E-state index contributed by atoms with van der Waals surface area (Å²) in [5, 5.41) is 8.85. The zero-order valence-corrected chi connectivity index (χ0v) is 21.7. The van der Waals surface area contributed by atoms with Crippen LogP contribution < -0.4 is 4.90 Å². The molecule has 1 aliphatic heterocycles. The Kier molecular flexibility index (Phi) is 7.49. The summed E-state index contributed by atoms with van der Waals surface area (Å²) in [7, 11) is 0. The highest BCUT2D eigenvalue weighted by Gasteiger charge is 2.27. The summed E-state index contributed by atoms with van der Waals surface area (Å²) >= 11 is 0. The Hall–Kier alpha value is -4.46. The minimum absolute atomic E-state index is 0.0150. The molecule has 38 heavy (non-hydrogen) atoms. The number of carbonyl (C=O) groups is 2. The molecule has 0 atom stereocenters. The van der Waals surface area contributed by atoms with Crippen molar-refractivity contribution in [1.82, 2.24) is 20.0 Å². The second kappa shape index (κ2) is 11.3. The van der Waals surface area contributed by atoms with E-state index in [-0.39, 0.29) is 24.9 Å². The van der Waals surface area contributed by atoms with Gasteiger partial charge in [0.1, 0.15) is 12.3 Å². The number of piperazine rings is 1. The number of carbonyl (C=O) groups excluding carboxylic acids is 2. The smallest absolute Gasteiger partial charge is 0.255 e. The molecule has 0 spiro atoms. The van der Waals surface area contributed by atoms with Crippen molar-refractivity contribution in [1.29, 1.82) is 0 Å². The van der Waals surface area contributed by atoms with E-state index in [1.807, 2.05) is 60.4 Å². The van der Waals surface area contributed by atoms with Crippen molar-refractivity contribution in [2.75, 3.05) is 37.6 Å². The van der Waals surface area contributed by atoms with E-state index >= 15 is 0 Å².